The summed E-state index contributed by atoms with van der Waals surface area (Å²) >= 11 is 0. The summed E-state index contributed by atoms with van der Waals surface area (Å²) in [6, 6.07) is 10.2. The van der Waals surface area contributed by atoms with Crippen LogP contribution < -0.4 is 0 Å². The van der Waals surface area contributed by atoms with Crippen LogP contribution in [0.5, 0.6) is 5.75 Å². The molecule has 2 aromatic carbocycles. The lowest BCUT2D eigenvalue weighted by Gasteiger charge is -2.43. The predicted octanol–water partition coefficient (Wildman–Crippen LogP) is 4.01. The summed E-state index contributed by atoms with van der Waals surface area (Å²) < 4.78 is 15.8. The third-order valence-corrected chi connectivity index (χ3v) is 6.14. The molecule has 4 rings (SSSR count). The van der Waals surface area contributed by atoms with Gasteiger partial charge in [0.05, 0.1) is 11.7 Å². The second-order valence-corrected chi connectivity index (χ2v) is 8.41. The second kappa shape index (κ2) is 9.25. The number of halogens is 1. The predicted molar refractivity (Wildman–Crippen MR) is 128 cm³/mol. The molecule has 2 unspecified atom stereocenters. The molecule has 0 aliphatic carbocycles. The van der Waals surface area contributed by atoms with E-state index in [4.69, 9.17) is 0 Å². The Morgan fingerprint density at radius 2 is 1.91 bits per heavy atom. The van der Waals surface area contributed by atoms with Gasteiger partial charge in [0, 0.05) is 23.8 Å². The fourth-order valence-corrected chi connectivity index (χ4v) is 4.81. The van der Waals surface area contributed by atoms with Crippen molar-refractivity contribution in [3.8, 4) is 17.0 Å². The minimum absolute atomic E-state index is 0.000792. The van der Waals surface area contributed by atoms with Gasteiger partial charge in [-0.05, 0) is 56.3 Å². The number of benzene rings is 2. The van der Waals surface area contributed by atoms with Gasteiger partial charge in [0.25, 0.3) is 0 Å². The van der Waals surface area contributed by atoms with Gasteiger partial charge in [0.1, 0.15) is 29.7 Å². The average molecular weight is 451 g/mol. The van der Waals surface area contributed by atoms with Gasteiger partial charge >= 0.3 is 0 Å². The minimum atomic E-state index is -0.693. The number of amidine groups is 1. The molecule has 2 atom stereocenters. The zero-order valence-corrected chi connectivity index (χ0v) is 18.6. The molecule has 0 amide bonds. The number of piperidine rings is 1. The molecule has 3 aromatic rings. The van der Waals surface area contributed by atoms with Crippen LogP contribution in [0, 0.1) is 5.82 Å². The number of aliphatic hydroxyl groups excluding tert-OH is 2. The molecule has 2 heterocycles. The first-order valence-electron chi connectivity index (χ1n) is 10.8. The Labute approximate surface area is 191 Å². The maximum atomic E-state index is 15.8. The summed E-state index contributed by atoms with van der Waals surface area (Å²) in [6.07, 6.45) is 2.08. The fourth-order valence-electron chi connectivity index (χ4n) is 4.81. The van der Waals surface area contributed by atoms with Crippen LogP contribution in [-0.2, 0) is 0 Å². The van der Waals surface area contributed by atoms with Crippen molar-refractivity contribution in [1.82, 2.24) is 9.88 Å². The number of aromatic hydroxyl groups is 1. The summed E-state index contributed by atoms with van der Waals surface area (Å²) in [6.45, 7) is 6.96. The lowest BCUT2D eigenvalue weighted by molar-refractivity contribution is 0.0518. The van der Waals surface area contributed by atoms with Gasteiger partial charge in [-0.3, -0.25) is 9.98 Å². The summed E-state index contributed by atoms with van der Waals surface area (Å²) in [5.74, 6) is -0.342. The van der Waals surface area contributed by atoms with Gasteiger partial charge in [0.15, 0.2) is 5.82 Å². The third-order valence-electron chi connectivity index (χ3n) is 6.14. The van der Waals surface area contributed by atoms with Crippen LogP contribution in [0.4, 0.5) is 10.1 Å². The van der Waals surface area contributed by atoms with Gasteiger partial charge in [-0.1, -0.05) is 24.3 Å². The van der Waals surface area contributed by atoms with Crippen LogP contribution in [0.15, 0.2) is 52.6 Å². The number of aliphatic imine (C=N–C) groups is 2. The molecular formula is C25H27FN4O3. The third kappa shape index (κ3) is 4.19. The molecule has 3 N–H and O–H groups in total. The lowest BCUT2D eigenvalue weighted by atomic mass is 9.93. The highest BCUT2D eigenvalue weighted by Crippen LogP contribution is 2.38. The van der Waals surface area contributed by atoms with E-state index in [9.17, 15) is 15.3 Å². The van der Waals surface area contributed by atoms with Crippen molar-refractivity contribution in [3.63, 3.8) is 0 Å². The van der Waals surface area contributed by atoms with Crippen molar-refractivity contribution < 1.29 is 19.7 Å². The van der Waals surface area contributed by atoms with Crippen LogP contribution in [0.25, 0.3) is 22.0 Å². The van der Waals surface area contributed by atoms with E-state index in [1.165, 1.54) is 12.3 Å². The molecule has 8 heteroatoms. The first-order valence-corrected chi connectivity index (χ1v) is 10.8. The molecule has 1 fully saturated rings. The Hall–Kier alpha value is -3.36. The topological polar surface area (TPSA) is 102 Å². The Balaban J connectivity index is 1.88. The van der Waals surface area contributed by atoms with Gasteiger partial charge < -0.3 is 20.2 Å². The average Bonchev–Trinajstić information content (AvgIpc) is 2.77. The Morgan fingerprint density at radius 1 is 1.21 bits per heavy atom. The van der Waals surface area contributed by atoms with Crippen LogP contribution in [0.2, 0.25) is 0 Å². The number of hydrogen-bond donors (Lipinski definition) is 3. The Bertz CT molecular complexity index is 1220. The molecule has 7 nitrogen and oxygen atoms in total. The number of phenolic OH excluding ortho intramolecular Hbond substituents is 1. The monoisotopic (exact) mass is 450 g/mol. The quantitative estimate of drug-likeness (QED) is 0.412. The first kappa shape index (κ1) is 22.8. The zero-order valence-electron chi connectivity index (χ0n) is 18.6. The smallest absolute Gasteiger partial charge is 0.175 e. The normalized spacial score (nSPS) is 21.4. The van der Waals surface area contributed by atoms with E-state index >= 15 is 4.39 Å². The maximum absolute atomic E-state index is 15.8. The standard InChI is InChI=1S/C25H27FN4O3/c1-14-8-17(32)9-15(2)30(14)25(29-13-31)21-12-28-24(22(26)23(21)27-3)20-11-18(33)10-16-6-4-5-7-19(16)20/h4-7,10-12,14-15,17,31-33H,3,8-9,13H2,1-2H3/b29-25+. The van der Waals surface area contributed by atoms with E-state index in [1.807, 2.05) is 43.0 Å². The molecule has 0 radical (unpaired) electrons. The lowest BCUT2D eigenvalue weighted by Crippen LogP contribution is -2.51. The molecule has 1 saturated heterocycles. The molecule has 0 bridgehead atoms. The number of nitrogens with zero attached hydrogens (tertiary/aromatic N) is 4. The van der Waals surface area contributed by atoms with Gasteiger partial charge in [0.2, 0.25) is 0 Å². The zero-order chi connectivity index (χ0) is 23.7. The van der Waals surface area contributed by atoms with Crippen molar-refractivity contribution in [2.24, 2.45) is 9.98 Å². The van der Waals surface area contributed by atoms with Crippen LogP contribution in [-0.4, -0.2) is 62.7 Å². The van der Waals surface area contributed by atoms with Gasteiger partial charge in [-0.25, -0.2) is 9.38 Å². The molecule has 0 saturated carbocycles. The van der Waals surface area contributed by atoms with E-state index in [1.54, 1.807) is 6.07 Å². The number of phenols is 1. The molecule has 33 heavy (non-hydrogen) atoms. The largest absolute Gasteiger partial charge is 0.508 e. The molecule has 0 spiro atoms. The number of rotatable bonds is 4. The molecule has 1 aliphatic rings. The molecule has 1 aromatic heterocycles. The summed E-state index contributed by atoms with van der Waals surface area (Å²) in [5, 5.41) is 31.4. The SMILES string of the molecule is C=Nc1c(/C(=N\CO)N2C(C)CC(O)CC2C)cnc(-c2cc(O)cc3ccccc23)c1F. The number of aromatic nitrogens is 1. The van der Waals surface area contributed by atoms with E-state index in [0.29, 0.717) is 29.8 Å². The number of pyridine rings is 1. The molecule has 1 aliphatic heterocycles. The van der Waals surface area contributed by atoms with Crippen molar-refractivity contribution in [1.29, 1.82) is 0 Å². The summed E-state index contributed by atoms with van der Waals surface area (Å²) in [4.78, 5) is 14.6. The van der Waals surface area contributed by atoms with E-state index in [0.717, 1.165) is 10.8 Å². The highest BCUT2D eigenvalue weighted by Gasteiger charge is 2.34. The van der Waals surface area contributed by atoms with Crippen LogP contribution in [0.3, 0.4) is 0 Å². The number of hydrogen-bond acceptors (Lipinski definition) is 6. The van der Waals surface area contributed by atoms with Crippen LogP contribution in [0.1, 0.15) is 32.3 Å². The van der Waals surface area contributed by atoms with Crippen molar-refractivity contribution >= 4 is 29.0 Å². The second-order valence-electron chi connectivity index (χ2n) is 8.41. The van der Waals surface area contributed by atoms with E-state index < -0.39 is 18.7 Å². The first-order chi connectivity index (χ1) is 15.8. The fraction of sp³-hybridized carbons (Fsp3) is 0.320. The number of aliphatic hydroxyl groups is 2. The number of fused-ring (bicyclic) bond motifs is 1. The van der Waals surface area contributed by atoms with E-state index in [-0.39, 0.29) is 29.2 Å². The highest BCUT2D eigenvalue weighted by molar-refractivity contribution is 6.05. The summed E-state index contributed by atoms with van der Waals surface area (Å²) in [5.41, 5.74) is 0.736. The Morgan fingerprint density at radius 3 is 2.58 bits per heavy atom. The van der Waals surface area contributed by atoms with Crippen molar-refractivity contribution in [2.45, 2.75) is 44.9 Å². The van der Waals surface area contributed by atoms with Crippen molar-refractivity contribution in [3.05, 3.63) is 54.0 Å². The summed E-state index contributed by atoms with van der Waals surface area (Å²) in [7, 11) is 0. The van der Waals surface area contributed by atoms with Crippen LogP contribution >= 0.6 is 0 Å². The number of likely N-dealkylation sites (tertiary alicyclic amines) is 1. The minimum Gasteiger partial charge on any atom is -0.508 e. The van der Waals surface area contributed by atoms with Gasteiger partial charge in [-0.15, -0.1) is 0 Å². The Kier molecular flexibility index (Phi) is 6.40. The molecular weight excluding hydrogens is 423 g/mol. The van der Waals surface area contributed by atoms with Crippen molar-refractivity contribution in [2.75, 3.05) is 6.73 Å². The highest BCUT2D eigenvalue weighted by atomic mass is 19.1. The maximum Gasteiger partial charge on any atom is 0.175 e. The van der Waals surface area contributed by atoms with E-state index in [2.05, 4.69) is 21.7 Å². The molecule has 172 valence electrons. The van der Waals surface area contributed by atoms with Gasteiger partial charge in [-0.2, -0.15) is 0 Å².